The first-order valence-corrected chi connectivity index (χ1v) is 6.38. The fourth-order valence-electron chi connectivity index (χ4n) is 1.96. The third-order valence-corrected chi connectivity index (χ3v) is 3.01. The van der Waals surface area contributed by atoms with Crippen LogP contribution in [0.25, 0.3) is 5.69 Å². The fraction of sp³-hybridized carbons (Fsp3) is 0. The first-order chi connectivity index (χ1) is 10.2. The van der Waals surface area contributed by atoms with E-state index in [1.807, 2.05) is 22.9 Å². The number of rotatable bonds is 3. The molecule has 0 atom stereocenters. The maximum Gasteiger partial charge on any atom is 0.255 e. The smallest absolute Gasteiger partial charge is 0.255 e. The molecule has 2 aromatic carbocycles. The molecule has 3 aromatic rings. The van der Waals surface area contributed by atoms with Gasteiger partial charge in [-0.25, -0.2) is 9.37 Å². The van der Waals surface area contributed by atoms with Gasteiger partial charge in [-0.2, -0.15) is 0 Å². The third kappa shape index (κ3) is 2.97. The van der Waals surface area contributed by atoms with Crippen molar-refractivity contribution < 1.29 is 9.18 Å². The van der Waals surface area contributed by atoms with Crippen LogP contribution in [0.2, 0.25) is 0 Å². The second-order valence-electron chi connectivity index (χ2n) is 4.48. The van der Waals surface area contributed by atoms with Gasteiger partial charge in [-0.15, -0.1) is 0 Å². The largest absolute Gasteiger partial charge is 0.322 e. The highest BCUT2D eigenvalue weighted by atomic mass is 19.1. The van der Waals surface area contributed by atoms with E-state index in [4.69, 9.17) is 0 Å². The number of nitrogens with zero attached hydrogens (tertiary/aromatic N) is 2. The van der Waals surface area contributed by atoms with Crippen molar-refractivity contribution in [1.82, 2.24) is 9.55 Å². The first kappa shape index (κ1) is 13.1. The van der Waals surface area contributed by atoms with E-state index in [2.05, 4.69) is 10.3 Å². The summed E-state index contributed by atoms with van der Waals surface area (Å²) >= 11 is 0. The normalized spacial score (nSPS) is 10.3. The SMILES string of the molecule is O=C(Nc1ccc(-n2ccnc2)cc1)c1cccc(F)c1. The van der Waals surface area contributed by atoms with E-state index in [0.717, 1.165) is 5.69 Å². The summed E-state index contributed by atoms with van der Waals surface area (Å²) in [4.78, 5) is 16.0. The van der Waals surface area contributed by atoms with Gasteiger partial charge in [0.25, 0.3) is 5.91 Å². The molecule has 1 heterocycles. The quantitative estimate of drug-likeness (QED) is 0.801. The molecule has 0 saturated carbocycles. The molecule has 21 heavy (non-hydrogen) atoms. The van der Waals surface area contributed by atoms with Crippen molar-refractivity contribution in [3.05, 3.63) is 78.6 Å². The van der Waals surface area contributed by atoms with Gasteiger partial charge >= 0.3 is 0 Å². The molecule has 0 aliphatic rings. The predicted molar refractivity (Wildman–Crippen MR) is 77.9 cm³/mol. The number of amides is 1. The Labute approximate surface area is 120 Å². The minimum Gasteiger partial charge on any atom is -0.322 e. The summed E-state index contributed by atoms with van der Waals surface area (Å²) in [5, 5.41) is 2.73. The van der Waals surface area contributed by atoms with Crippen LogP contribution in [-0.2, 0) is 0 Å². The number of hydrogen-bond acceptors (Lipinski definition) is 2. The van der Waals surface area contributed by atoms with Crippen molar-refractivity contribution in [2.24, 2.45) is 0 Å². The molecular formula is C16H12FN3O. The van der Waals surface area contributed by atoms with Crippen molar-refractivity contribution in [2.45, 2.75) is 0 Å². The third-order valence-electron chi connectivity index (χ3n) is 3.01. The van der Waals surface area contributed by atoms with Crippen LogP contribution < -0.4 is 5.32 Å². The number of carbonyl (C=O) groups is 1. The molecule has 4 nitrogen and oxygen atoms in total. The van der Waals surface area contributed by atoms with Gasteiger partial charge in [0.05, 0.1) is 6.33 Å². The van der Waals surface area contributed by atoms with Crippen LogP contribution in [0.3, 0.4) is 0 Å². The van der Waals surface area contributed by atoms with E-state index >= 15 is 0 Å². The Bertz CT molecular complexity index is 751. The van der Waals surface area contributed by atoms with Gasteiger partial charge in [0.2, 0.25) is 0 Å². The average molecular weight is 281 g/mol. The number of nitrogens with one attached hydrogen (secondary N) is 1. The molecule has 5 heteroatoms. The lowest BCUT2D eigenvalue weighted by Crippen LogP contribution is -2.12. The van der Waals surface area contributed by atoms with Crippen LogP contribution in [0.15, 0.2) is 67.3 Å². The van der Waals surface area contributed by atoms with E-state index in [1.165, 1.54) is 18.2 Å². The van der Waals surface area contributed by atoms with Crippen LogP contribution in [0.4, 0.5) is 10.1 Å². The molecule has 0 aliphatic carbocycles. The molecule has 0 bridgehead atoms. The Kier molecular flexibility index (Phi) is 3.47. The van der Waals surface area contributed by atoms with E-state index in [1.54, 1.807) is 30.7 Å². The van der Waals surface area contributed by atoms with Crippen molar-refractivity contribution in [1.29, 1.82) is 0 Å². The Hall–Kier alpha value is -2.95. The number of hydrogen-bond donors (Lipinski definition) is 1. The van der Waals surface area contributed by atoms with Gasteiger partial charge in [-0.05, 0) is 42.5 Å². The number of anilines is 1. The highest BCUT2D eigenvalue weighted by molar-refractivity contribution is 6.04. The van der Waals surface area contributed by atoms with Crippen LogP contribution in [0.1, 0.15) is 10.4 Å². The van der Waals surface area contributed by atoms with Crippen molar-refractivity contribution in [3.63, 3.8) is 0 Å². The molecule has 3 rings (SSSR count). The summed E-state index contributed by atoms with van der Waals surface area (Å²) in [5.41, 5.74) is 1.87. The highest BCUT2D eigenvalue weighted by Crippen LogP contribution is 2.14. The van der Waals surface area contributed by atoms with Crippen molar-refractivity contribution >= 4 is 11.6 Å². The molecule has 0 saturated heterocycles. The molecule has 104 valence electrons. The van der Waals surface area contributed by atoms with E-state index in [-0.39, 0.29) is 11.5 Å². The minimum absolute atomic E-state index is 0.286. The summed E-state index contributed by atoms with van der Waals surface area (Å²) in [6.07, 6.45) is 5.22. The number of halogens is 1. The van der Waals surface area contributed by atoms with Crippen molar-refractivity contribution in [3.8, 4) is 5.69 Å². The topological polar surface area (TPSA) is 46.9 Å². The Morgan fingerprint density at radius 1 is 1.14 bits per heavy atom. The zero-order chi connectivity index (χ0) is 14.7. The number of carbonyl (C=O) groups excluding carboxylic acids is 1. The zero-order valence-corrected chi connectivity index (χ0v) is 11.0. The molecule has 0 fully saturated rings. The highest BCUT2D eigenvalue weighted by Gasteiger charge is 2.07. The second kappa shape index (κ2) is 5.58. The monoisotopic (exact) mass is 281 g/mol. The van der Waals surface area contributed by atoms with Crippen LogP contribution in [0, 0.1) is 5.82 Å². The Morgan fingerprint density at radius 3 is 2.62 bits per heavy atom. The summed E-state index contributed by atoms with van der Waals surface area (Å²) < 4.78 is 14.9. The standard InChI is InChI=1S/C16H12FN3O/c17-13-3-1-2-12(10-13)16(21)19-14-4-6-15(7-5-14)20-9-8-18-11-20/h1-11H,(H,19,21). The van der Waals surface area contributed by atoms with Gasteiger partial charge in [0.1, 0.15) is 5.82 Å². The lowest BCUT2D eigenvalue weighted by atomic mass is 10.2. The summed E-state index contributed by atoms with van der Waals surface area (Å²) in [5.74, 6) is -0.775. The molecule has 1 N–H and O–H groups in total. The summed E-state index contributed by atoms with van der Waals surface area (Å²) in [6, 6.07) is 12.9. The molecular weight excluding hydrogens is 269 g/mol. The van der Waals surface area contributed by atoms with E-state index in [0.29, 0.717) is 5.69 Å². The van der Waals surface area contributed by atoms with E-state index < -0.39 is 5.82 Å². The number of aromatic nitrogens is 2. The molecule has 0 unspecified atom stereocenters. The Balaban J connectivity index is 1.75. The minimum atomic E-state index is -0.432. The lowest BCUT2D eigenvalue weighted by Gasteiger charge is -2.07. The van der Waals surface area contributed by atoms with Gasteiger partial charge in [-0.1, -0.05) is 6.07 Å². The van der Waals surface area contributed by atoms with Gasteiger partial charge in [-0.3, -0.25) is 4.79 Å². The molecule has 0 radical (unpaired) electrons. The molecule has 0 spiro atoms. The molecule has 1 aromatic heterocycles. The number of imidazole rings is 1. The van der Waals surface area contributed by atoms with Gasteiger partial charge < -0.3 is 9.88 Å². The summed E-state index contributed by atoms with van der Waals surface area (Å²) in [6.45, 7) is 0. The average Bonchev–Trinajstić information content (AvgIpc) is 3.02. The van der Waals surface area contributed by atoms with Gasteiger partial charge in [0.15, 0.2) is 0 Å². The predicted octanol–water partition coefficient (Wildman–Crippen LogP) is 3.26. The first-order valence-electron chi connectivity index (χ1n) is 6.38. The lowest BCUT2D eigenvalue weighted by molar-refractivity contribution is 0.102. The zero-order valence-electron chi connectivity index (χ0n) is 11.0. The second-order valence-corrected chi connectivity index (χ2v) is 4.48. The fourth-order valence-corrected chi connectivity index (χ4v) is 1.96. The number of benzene rings is 2. The van der Waals surface area contributed by atoms with Crippen LogP contribution in [0.5, 0.6) is 0 Å². The van der Waals surface area contributed by atoms with Crippen LogP contribution in [-0.4, -0.2) is 15.5 Å². The van der Waals surface area contributed by atoms with Crippen LogP contribution >= 0.6 is 0 Å². The van der Waals surface area contributed by atoms with Gasteiger partial charge in [0, 0.05) is 29.3 Å². The Morgan fingerprint density at radius 2 is 1.95 bits per heavy atom. The molecule has 0 aliphatic heterocycles. The van der Waals surface area contributed by atoms with Crippen molar-refractivity contribution in [2.75, 3.05) is 5.32 Å². The molecule has 1 amide bonds. The maximum absolute atomic E-state index is 13.1. The van der Waals surface area contributed by atoms with E-state index in [9.17, 15) is 9.18 Å². The summed E-state index contributed by atoms with van der Waals surface area (Å²) in [7, 11) is 0. The maximum atomic E-state index is 13.1.